The minimum absolute atomic E-state index is 0.00471. The molecule has 130 valence electrons. The van der Waals surface area contributed by atoms with Crippen LogP contribution in [0.2, 0.25) is 0 Å². The van der Waals surface area contributed by atoms with Crippen LogP contribution in [0.1, 0.15) is 41.3 Å². The summed E-state index contributed by atoms with van der Waals surface area (Å²) in [6, 6.07) is 13.6. The van der Waals surface area contributed by atoms with Crippen molar-refractivity contribution in [3.63, 3.8) is 0 Å². The molecule has 1 saturated heterocycles. The van der Waals surface area contributed by atoms with E-state index in [1.807, 2.05) is 35.2 Å². The third kappa shape index (κ3) is 3.66. The van der Waals surface area contributed by atoms with Crippen LogP contribution in [0.4, 0.5) is 0 Å². The normalized spacial score (nSPS) is 20.8. The predicted octanol–water partition coefficient (Wildman–Crippen LogP) is 3.23. The Labute approximate surface area is 147 Å². The topological polar surface area (TPSA) is 51.7 Å². The van der Waals surface area contributed by atoms with Crippen molar-refractivity contribution in [1.29, 1.82) is 0 Å². The van der Waals surface area contributed by atoms with Crippen LogP contribution in [-0.4, -0.2) is 41.6 Å². The molecule has 5 nitrogen and oxygen atoms in total. The summed E-state index contributed by atoms with van der Waals surface area (Å²) in [6.45, 7) is 1.70. The number of rotatable bonds is 4. The molecule has 1 atom stereocenters. The summed E-state index contributed by atoms with van der Waals surface area (Å²) < 4.78 is 11.7. The number of hydrogen-bond donors (Lipinski definition) is 0. The van der Waals surface area contributed by atoms with Crippen molar-refractivity contribution in [2.75, 3.05) is 19.7 Å². The molecule has 2 fully saturated rings. The first kappa shape index (κ1) is 16.1. The van der Waals surface area contributed by atoms with Crippen LogP contribution in [-0.2, 0) is 4.74 Å². The molecular formula is C20H22N2O3. The van der Waals surface area contributed by atoms with Gasteiger partial charge >= 0.3 is 0 Å². The lowest BCUT2D eigenvalue weighted by Gasteiger charge is -2.33. The highest BCUT2D eigenvalue weighted by atomic mass is 16.5. The maximum atomic E-state index is 12.9. The van der Waals surface area contributed by atoms with Crippen LogP contribution in [0.3, 0.4) is 0 Å². The van der Waals surface area contributed by atoms with Gasteiger partial charge in [-0.15, -0.1) is 0 Å². The molecule has 5 heteroatoms. The second-order valence-corrected chi connectivity index (χ2v) is 6.57. The molecule has 2 aromatic rings. The number of amides is 1. The van der Waals surface area contributed by atoms with Gasteiger partial charge in [-0.3, -0.25) is 4.79 Å². The van der Waals surface area contributed by atoms with Gasteiger partial charge in [0, 0.05) is 24.4 Å². The molecule has 0 N–H and O–H groups in total. The molecule has 1 aromatic carbocycles. The Morgan fingerprint density at radius 3 is 2.80 bits per heavy atom. The van der Waals surface area contributed by atoms with Gasteiger partial charge in [0.2, 0.25) is 5.88 Å². The molecule has 0 radical (unpaired) electrons. The smallest absolute Gasteiger partial charge is 0.254 e. The number of carbonyl (C=O) groups is 1. The lowest BCUT2D eigenvalue weighted by atomic mass is 9.96. The van der Waals surface area contributed by atoms with Crippen LogP contribution in [0.15, 0.2) is 48.7 Å². The number of aromatic nitrogens is 1. The monoisotopic (exact) mass is 338 g/mol. The molecule has 1 amide bonds. The summed E-state index contributed by atoms with van der Waals surface area (Å²) in [4.78, 5) is 19.0. The minimum atomic E-state index is -0.0774. The summed E-state index contributed by atoms with van der Waals surface area (Å²) >= 11 is 0. The molecule has 0 spiro atoms. The van der Waals surface area contributed by atoms with E-state index in [9.17, 15) is 4.79 Å². The van der Waals surface area contributed by atoms with Crippen molar-refractivity contribution in [1.82, 2.24) is 9.88 Å². The van der Waals surface area contributed by atoms with Gasteiger partial charge in [-0.05, 0) is 30.9 Å². The fraction of sp³-hybridized carbons (Fsp3) is 0.400. The Hall–Kier alpha value is -2.40. The van der Waals surface area contributed by atoms with Crippen LogP contribution >= 0.6 is 0 Å². The summed E-state index contributed by atoms with van der Waals surface area (Å²) in [7, 11) is 0. The maximum Gasteiger partial charge on any atom is 0.254 e. The van der Waals surface area contributed by atoms with Crippen LogP contribution in [0.5, 0.6) is 5.88 Å². The highest BCUT2D eigenvalue weighted by Crippen LogP contribution is 2.26. The van der Waals surface area contributed by atoms with E-state index in [1.54, 1.807) is 18.3 Å². The SMILES string of the molecule is O=C(c1ccnc(OC2CCC2)c1)N1CCO[C@@H](c2ccccc2)C1. The zero-order valence-electron chi connectivity index (χ0n) is 14.1. The molecule has 1 aliphatic heterocycles. The molecule has 1 aliphatic carbocycles. The van der Waals surface area contributed by atoms with Gasteiger partial charge in [-0.25, -0.2) is 4.98 Å². The highest BCUT2D eigenvalue weighted by molar-refractivity contribution is 5.94. The van der Waals surface area contributed by atoms with Gasteiger partial charge in [0.1, 0.15) is 12.2 Å². The zero-order chi connectivity index (χ0) is 17.1. The Morgan fingerprint density at radius 2 is 2.04 bits per heavy atom. The summed E-state index contributed by atoms with van der Waals surface area (Å²) in [5.74, 6) is 0.550. The average Bonchev–Trinajstić information content (AvgIpc) is 2.65. The summed E-state index contributed by atoms with van der Waals surface area (Å²) in [6.07, 6.45) is 5.17. The Balaban J connectivity index is 1.45. The molecule has 2 aliphatic rings. The molecule has 25 heavy (non-hydrogen) atoms. The minimum Gasteiger partial charge on any atom is -0.474 e. The van der Waals surface area contributed by atoms with Crippen molar-refractivity contribution in [3.05, 3.63) is 59.8 Å². The molecule has 0 bridgehead atoms. The van der Waals surface area contributed by atoms with Gasteiger partial charge in [0.25, 0.3) is 5.91 Å². The largest absolute Gasteiger partial charge is 0.474 e. The van der Waals surface area contributed by atoms with Gasteiger partial charge in [-0.2, -0.15) is 0 Å². The second-order valence-electron chi connectivity index (χ2n) is 6.57. The number of nitrogens with zero attached hydrogens (tertiary/aromatic N) is 2. The number of benzene rings is 1. The number of carbonyl (C=O) groups excluding carboxylic acids is 1. The average molecular weight is 338 g/mol. The van der Waals surface area contributed by atoms with Crippen molar-refractivity contribution in [2.45, 2.75) is 31.5 Å². The maximum absolute atomic E-state index is 12.9. The molecule has 1 saturated carbocycles. The first-order valence-electron chi connectivity index (χ1n) is 8.88. The van der Waals surface area contributed by atoms with Crippen molar-refractivity contribution >= 4 is 5.91 Å². The number of morpholine rings is 1. The highest BCUT2D eigenvalue weighted by Gasteiger charge is 2.27. The van der Waals surface area contributed by atoms with Gasteiger partial charge in [-0.1, -0.05) is 30.3 Å². The quantitative estimate of drug-likeness (QED) is 0.859. The molecule has 0 unspecified atom stereocenters. The standard InChI is InChI=1S/C20H22N2O3/c23-20(16-9-10-21-19(13-16)25-17-7-4-8-17)22-11-12-24-18(14-22)15-5-2-1-3-6-15/h1-3,5-6,9-10,13,17-18H,4,7-8,11-12,14H2/t18-/m1/s1. The fourth-order valence-corrected chi connectivity index (χ4v) is 3.15. The Bertz CT molecular complexity index is 731. The summed E-state index contributed by atoms with van der Waals surface area (Å²) in [5, 5.41) is 0. The van der Waals surface area contributed by atoms with E-state index in [0.29, 0.717) is 31.1 Å². The van der Waals surface area contributed by atoms with Crippen molar-refractivity contribution < 1.29 is 14.3 Å². The van der Waals surface area contributed by atoms with Crippen molar-refractivity contribution in [2.24, 2.45) is 0 Å². The fourth-order valence-electron chi connectivity index (χ4n) is 3.15. The van der Waals surface area contributed by atoms with E-state index in [-0.39, 0.29) is 18.1 Å². The number of pyridine rings is 1. The lowest BCUT2D eigenvalue weighted by molar-refractivity contribution is -0.0228. The third-order valence-electron chi connectivity index (χ3n) is 4.85. The van der Waals surface area contributed by atoms with Gasteiger partial charge in [0.05, 0.1) is 13.2 Å². The van der Waals surface area contributed by atoms with Crippen LogP contribution < -0.4 is 4.74 Å². The molecular weight excluding hydrogens is 316 g/mol. The Morgan fingerprint density at radius 1 is 1.20 bits per heavy atom. The van der Waals surface area contributed by atoms with Crippen LogP contribution in [0.25, 0.3) is 0 Å². The first-order chi connectivity index (χ1) is 12.3. The summed E-state index contributed by atoms with van der Waals surface area (Å²) in [5.41, 5.74) is 1.72. The predicted molar refractivity (Wildman–Crippen MR) is 93.5 cm³/mol. The van der Waals surface area contributed by atoms with E-state index in [1.165, 1.54) is 6.42 Å². The van der Waals surface area contributed by atoms with Gasteiger partial charge < -0.3 is 14.4 Å². The third-order valence-corrected chi connectivity index (χ3v) is 4.85. The first-order valence-corrected chi connectivity index (χ1v) is 8.88. The van der Waals surface area contributed by atoms with E-state index >= 15 is 0 Å². The zero-order valence-corrected chi connectivity index (χ0v) is 14.1. The van der Waals surface area contributed by atoms with Crippen LogP contribution in [0, 0.1) is 0 Å². The van der Waals surface area contributed by atoms with E-state index in [0.717, 1.165) is 18.4 Å². The number of ether oxygens (including phenoxy) is 2. The Kier molecular flexibility index (Phi) is 4.65. The molecule has 2 heterocycles. The molecule has 4 rings (SSSR count). The van der Waals surface area contributed by atoms with E-state index in [4.69, 9.17) is 9.47 Å². The van der Waals surface area contributed by atoms with Crippen molar-refractivity contribution in [3.8, 4) is 5.88 Å². The molecule has 1 aromatic heterocycles. The van der Waals surface area contributed by atoms with Gasteiger partial charge in [0.15, 0.2) is 0 Å². The van der Waals surface area contributed by atoms with E-state index in [2.05, 4.69) is 4.98 Å². The number of hydrogen-bond acceptors (Lipinski definition) is 4. The van der Waals surface area contributed by atoms with E-state index < -0.39 is 0 Å². The second kappa shape index (κ2) is 7.23. The lowest BCUT2D eigenvalue weighted by Crippen LogP contribution is -2.42.